The monoisotopic (exact) mass is 293 g/mol. The molecule has 0 radical (unpaired) electrons. The van der Waals surface area contributed by atoms with Gasteiger partial charge in [0.1, 0.15) is 0 Å². The maximum Gasteiger partial charge on any atom is 2.00 e. The van der Waals surface area contributed by atoms with Crippen molar-refractivity contribution in [2.75, 3.05) is 13.1 Å². The number of benzene rings is 1. The quantitative estimate of drug-likeness (QED) is 0.516. The zero-order valence-electron chi connectivity index (χ0n) is 10.4. The molecule has 16 heavy (non-hydrogen) atoms. The van der Waals surface area contributed by atoms with Crippen molar-refractivity contribution in [1.82, 2.24) is 4.90 Å². The first-order valence-corrected chi connectivity index (χ1v) is 5.54. The van der Waals surface area contributed by atoms with Gasteiger partial charge in [0.25, 0.3) is 0 Å². The molecule has 0 heterocycles. The third kappa shape index (κ3) is 7.66. The van der Waals surface area contributed by atoms with Gasteiger partial charge in [-0.3, -0.25) is 0 Å². The summed E-state index contributed by atoms with van der Waals surface area (Å²) in [5, 5.41) is 0. The van der Waals surface area contributed by atoms with Gasteiger partial charge in [0, 0.05) is 6.54 Å². The summed E-state index contributed by atoms with van der Waals surface area (Å²) < 4.78 is 0. The molecule has 0 saturated heterocycles. The van der Waals surface area contributed by atoms with Crippen molar-refractivity contribution in [2.45, 2.75) is 33.2 Å². The van der Waals surface area contributed by atoms with Crippen LogP contribution in [0.3, 0.4) is 0 Å². The van der Waals surface area contributed by atoms with E-state index in [9.17, 15) is 0 Å². The molecule has 0 N–H and O–H groups in total. The Morgan fingerprint density at radius 3 is 2.50 bits per heavy atom. The van der Waals surface area contributed by atoms with Gasteiger partial charge in [-0.25, -0.2) is 0 Å². The van der Waals surface area contributed by atoms with E-state index in [1.807, 2.05) is 12.1 Å². The van der Waals surface area contributed by atoms with Crippen LogP contribution < -0.4 is 17.0 Å². The van der Waals surface area contributed by atoms with Crippen molar-refractivity contribution in [2.24, 2.45) is 0 Å². The molecule has 0 unspecified atom stereocenters. The smallest absolute Gasteiger partial charge is 1.00 e. The third-order valence-corrected chi connectivity index (χ3v) is 2.44. The second-order valence-corrected chi connectivity index (χ2v) is 3.61. The van der Waals surface area contributed by atoms with Crippen molar-refractivity contribution < 1.29 is 17.0 Å². The van der Waals surface area contributed by atoms with E-state index in [2.05, 4.69) is 36.9 Å². The normalized spacial score (nSPS) is 9.44. The van der Waals surface area contributed by atoms with Crippen LogP contribution in [0.5, 0.6) is 0 Å². The number of hydrogen-bond donors (Lipinski definition) is 0. The van der Waals surface area contributed by atoms with Gasteiger partial charge in [-0.15, -0.1) is 5.56 Å². The van der Waals surface area contributed by atoms with Crippen molar-refractivity contribution in [1.29, 1.82) is 0 Å². The summed E-state index contributed by atoms with van der Waals surface area (Å²) >= 11 is 0. The molecule has 1 aromatic rings. The summed E-state index contributed by atoms with van der Waals surface area (Å²) in [5.74, 6) is 0. The van der Waals surface area contributed by atoms with E-state index in [0.717, 1.165) is 13.1 Å². The predicted molar refractivity (Wildman–Crippen MR) is 66.9 cm³/mol. The first-order chi connectivity index (χ1) is 6.86. The zero-order valence-corrected chi connectivity index (χ0v) is 13.4. The molecule has 3 heteroatoms. The summed E-state index contributed by atoms with van der Waals surface area (Å²) in [5.41, 5.74) is 1.30. The Kier molecular flexibility index (Phi) is 14.0. The summed E-state index contributed by atoms with van der Waals surface area (Å²) in [6.45, 7) is 7.83. The summed E-state index contributed by atoms with van der Waals surface area (Å²) in [6, 6.07) is 11.5. The summed E-state index contributed by atoms with van der Waals surface area (Å²) in [7, 11) is 0. The second-order valence-electron chi connectivity index (χ2n) is 3.61. The van der Waals surface area contributed by atoms with Crippen LogP contribution in [0.15, 0.2) is 24.3 Å². The standard InChI is InChI=1S/C13H20N.BrH.Mg/c1-3-5-11-14(4-2)12-13-9-7-6-8-10-13;;/h6-9H,3-5,11-12H2,1-2H3;1H;/q-1;;+2/p-1. The summed E-state index contributed by atoms with van der Waals surface area (Å²) in [4.78, 5) is 2.47. The Labute approximate surface area is 127 Å². The van der Waals surface area contributed by atoms with E-state index in [0.29, 0.717) is 0 Å². The Hall–Kier alpha value is 0.426. The van der Waals surface area contributed by atoms with Crippen LogP contribution in [0.1, 0.15) is 32.3 Å². The molecule has 1 rings (SSSR count). The van der Waals surface area contributed by atoms with Gasteiger partial charge in [0.15, 0.2) is 0 Å². The van der Waals surface area contributed by atoms with Gasteiger partial charge in [0.05, 0.1) is 0 Å². The van der Waals surface area contributed by atoms with Crippen LogP contribution in [-0.2, 0) is 6.54 Å². The maximum absolute atomic E-state index is 3.27. The van der Waals surface area contributed by atoms with Gasteiger partial charge in [-0.1, -0.05) is 20.3 Å². The van der Waals surface area contributed by atoms with E-state index in [1.165, 1.54) is 24.9 Å². The van der Waals surface area contributed by atoms with Gasteiger partial charge in [-0.2, -0.15) is 30.3 Å². The second kappa shape index (κ2) is 11.9. The fourth-order valence-electron chi connectivity index (χ4n) is 1.50. The van der Waals surface area contributed by atoms with Crippen LogP contribution in [0.4, 0.5) is 0 Å². The van der Waals surface area contributed by atoms with Crippen LogP contribution in [0, 0.1) is 6.07 Å². The first-order valence-electron chi connectivity index (χ1n) is 5.54. The molecule has 0 amide bonds. The fourth-order valence-corrected chi connectivity index (χ4v) is 1.50. The Morgan fingerprint density at radius 2 is 2.00 bits per heavy atom. The molecule has 0 atom stereocenters. The summed E-state index contributed by atoms with van der Waals surface area (Å²) in [6.07, 6.45) is 2.57. The fraction of sp³-hybridized carbons (Fsp3) is 0.538. The van der Waals surface area contributed by atoms with Crippen molar-refractivity contribution in [3.63, 3.8) is 0 Å². The van der Waals surface area contributed by atoms with E-state index in [-0.39, 0.29) is 40.0 Å². The van der Waals surface area contributed by atoms with Gasteiger partial charge in [-0.05, 0) is 19.5 Å². The van der Waals surface area contributed by atoms with Crippen molar-refractivity contribution in [3.8, 4) is 0 Å². The molecule has 1 aromatic carbocycles. The minimum atomic E-state index is 0. The minimum absolute atomic E-state index is 0. The molecular weight excluding hydrogens is 274 g/mol. The number of nitrogens with zero attached hydrogens (tertiary/aromatic N) is 1. The molecule has 0 bridgehead atoms. The molecule has 0 saturated carbocycles. The Balaban J connectivity index is 0. The zero-order chi connectivity index (χ0) is 10.2. The molecule has 0 aromatic heterocycles. The Morgan fingerprint density at radius 1 is 1.25 bits per heavy atom. The molecule has 1 nitrogen and oxygen atoms in total. The third-order valence-electron chi connectivity index (χ3n) is 2.44. The SMILES string of the molecule is CCCCN(CC)Cc1[c-]cccc1.[Br-].[Mg+2]. The van der Waals surface area contributed by atoms with E-state index in [4.69, 9.17) is 0 Å². The van der Waals surface area contributed by atoms with E-state index < -0.39 is 0 Å². The average molecular weight is 295 g/mol. The first kappa shape index (κ1) is 18.8. The number of unbranched alkanes of at least 4 members (excludes halogenated alkanes) is 1. The van der Waals surface area contributed by atoms with Gasteiger partial charge in [0.2, 0.25) is 0 Å². The Bertz CT molecular complexity index is 241. The van der Waals surface area contributed by atoms with Gasteiger partial charge < -0.3 is 21.9 Å². The minimum Gasteiger partial charge on any atom is -1.00 e. The molecule has 0 spiro atoms. The molecule has 0 aliphatic carbocycles. The maximum atomic E-state index is 3.27. The number of rotatable bonds is 6. The number of halogens is 1. The molecule has 0 fully saturated rings. The van der Waals surface area contributed by atoms with E-state index >= 15 is 0 Å². The van der Waals surface area contributed by atoms with Crippen LogP contribution in [0.2, 0.25) is 0 Å². The van der Waals surface area contributed by atoms with Crippen molar-refractivity contribution in [3.05, 3.63) is 35.9 Å². The predicted octanol–water partition coefficient (Wildman–Crippen LogP) is -0.268. The average Bonchev–Trinajstić information content (AvgIpc) is 2.25. The topological polar surface area (TPSA) is 3.24 Å². The number of hydrogen-bond acceptors (Lipinski definition) is 1. The van der Waals surface area contributed by atoms with Gasteiger partial charge >= 0.3 is 23.1 Å². The molecule has 86 valence electrons. The van der Waals surface area contributed by atoms with Crippen molar-refractivity contribution >= 4 is 23.1 Å². The van der Waals surface area contributed by atoms with Crippen LogP contribution >= 0.6 is 0 Å². The van der Waals surface area contributed by atoms with Crippen LogP contribution in [-0.4, -0.2) is 41.0 Å². The molecule has 0 aliphatic heterocycles. The van der Waals surface area contributed by atoms with Crippen LogP contribution in [0.25, 0.3) is 0 Å². The molecular formula is C13H20BrMgN. The van der Waals surface area contributed by atoms with E-state index in [1.54, 1.807) is 0 Å². The molecule has 0 aliphatic rings. The largest absolute Gasteiger partial charge is 2.00 e.